The maximum absolute atomic E-state index is 12.8. The van der Waals surface area contributed by atoms with E-state index in [9.17, 15) is 4.79 Å². The number of ether oxygens (including phenoxy) is 1. The lowest BCUT2D eigenvalue weighted by Crippen LogP contribution is -3.26. The van der Waals surface area contributed by atoms with Gasteiger partial charge >= 0.3 is 5.97 Å². The van der Waals surface area contributed by atoms with E-state index in [1.807, 2.05) is 0 Å². The summed E-state index contributed by atoms with van der Waals surface area (Å²) in [5, 5.41) is 0. The zero-order valence-electron chi connectivity index (χ0n) is 17.8. The van der Waals surface area contributed by atoms with Crippen molar-refractivity contribution in [2.75, 3.05) is 32.7 Å². The number of allylic oxidation sites excluding steroid dienone is 1. The highest BCUT2D eigenvalue weighted by molar-refractivity contribution is 5.75. The number of carbonyl (C=O) groups excluding carboxylic acids is 1. The second-order valence-corrected chi connectivity index (χ2v) is 10.3. The van der Waals surface area contributed by atoms with Crippen molar-refractivity contribution in [2.24, 2.45) is 23.2 Å². The molecule has 0 radical (unpaired) electrons. The first-order chi connectivity index (χ1) is 14.0. The van der Waals surface area contributed by atoms with E-state index in [4.69, 9.17) is 4.74 Å². The topological polar surface area (TPSA) is 35.2 Å². The maximum Gasteiger partial charge on any atom is 0.315 e. The van der Waals surface area contributed by atoms with Gasteiger partial charge < -0.3 is 9.64 Å². The van der Waals surface area contributed by atoms with E-state index in [-0.39, 0.29) is 18.0 Å². The molecular weight excluding hydrogens is 360 g/mol. The summed E-state index contributed by atoms with van der Waals surface area (Å²) in [6, 6.07) is 10.8. The molecule has 5 atom stereocenters. The van der Waals surface area contributed by atoms with E-state index in [2.05, 4.69) is 43.8 Å². The van der Waals surface area contributed by atoms with Gasteiger partial charge in [0.1, 0.15) is 43.9 Å². The van der Waals surface area contributed by atoms with Crippen molar-refractivity contribution in [3.05, 3.63) is 42.5 Å². The van der Waals surface area contributed by atoms with Crippen molar-refractivity contribution in [3.63, 3.8) is 0 Å². The minimum atomic E-state index is 0.0817. The molecule has 2 saturated carbocycles. The molecule has 2 aliphatic carbocycles. The lowest BCUT2D eigenvalue weighted by atomic mass is 9.55. The molecule has 4 heteroatoms. The normalized spacial score (nSPS) is 42.1. The Kier molecular flexibility index (Phi) is 5.03. The maximum atomic E-state index is 12.8. The van der Waals surface area contributed by atoms with Crippen LogP contribution < -0.4 is 9.80 Å². The third-order valence-electron chi connectivity index (χ3n) is 8.57. The molecular formula is C25H36N2O2+2. The minimum Gasteiger partial charge on any atom is -0.462 e. The van der Waals surface area contributed by atoms with Gasteiger partial charge in [-0.3, -0.25) is 9.69 Å². The van der Waals surface area contributed by atoms with E-state index in [0.29, 0.717) is 17.3 Å². The molecule has 2 heterocycles. The van der Waals surface area contributed by atoms with E-state index < -0.39 is 0 Å². The van der Waals surface area contributed by atoms with E-state index in [0.717, 1.165) is 45.6 Å². The number of fused-ring (bicyclic) bond motifs is 2. The molecule has 2 N–H and O–H groups in total. The van der Waals surface area contributed by atoms with Gasteiger partial charge in [0, 0.05) is 5.92 Å². The molecule has 1 aromatic rings. The Hall–Kier alpha value is -1.65. The molecule has 0 unspecified atom stereocenters. The van der Waals surface area contributed by atoms with Crippen LogP contribution in [0.5, 0.6) is 0 Å². The summed E-state index contributed by atoms with van der Waals surface area (Å²) in [5.74, 6) is 1.16. The van der Waals surface area contributed by atoms with Gasteiger partial charge in [0.25, 0.3) is 0 Å². The van der Waals surface area contributed by atoms with Gasteiger partial charge in [-0.25, -0.2) is 0 Å². The molecule has 0 spiro atoms. The molecule has 1 aromatic carbocycles. The zero-order valence-corrected chi connectivity index (χ0v) is 17.8. The lowest BCUT2D eigenvalue weighted by Gasteiger charge is -2.50. The highest BCUT2D eigenvalue weighted by Gasteiger charge is 2.56. The summed E-state index contributed by atoms with van der Waals surface area (Å²) in [6.45, 7) is 12.4. The number of hydrogen-bond donors (Lipinski definition) is 2. The van der Waals surface area contributed by atoms with Crippen molar-refractivity contribution >= 4 is 11.7 Å². The largest absolute Gasteiger partial charge is 0.462 e. The average Bonchev–Trinajstić information content (AvgIpc) is 3.01. The standard InChI is InChI=1S/C25H34N2O2/c1-18-7-6-10-25(2)16-23-20(15-22(18)25)21(24(28)29-23)17-26-11-13-27(14-12-26)19-8-4-3-5-9-19/h3-5,8-9,20-23H,1,6-7,10-17H2,2H3/p+2/t20-,21-,22-,23-,25-/m1/s1. The van der Waals surface area contributed by atoms with Gasteiger partial charge in [-0.2, -0.15) is 0 Å². The molecule has 0 bridgehead atoms. The number of piperazine rings is 1. The van der Waals surface area contributed by atoms with E-state index in [1.54, 1.807) is 9.80 Å². The number of rotatable bonds is 3. The molecule has 2 saturated heterocycles. The van der Waals surface area contributed by atoms with Crippen LogP contribution in [0.15, 0.2) is 42.5 Å². The summed E-state index contributed by atoms with van der Waals surface area (Å²) in [5.41, 5.74) is 3.13. The number of nitrogens with one attached hydrogen (secondary N) is 2. The SMILES string of the molecule is C=C1CCC[C@]2(C)C[C@H]3OC(=O)[C@H](C[NH+]4CC[NH+](c5ccccc5)CC4)[C@H]3C[C@H]12. The van der Waals surface area contributed by atoms with Crippen molar-refractivity contribution in [3.8, 4) is 0 Å². The molecule has 0 amide bonds. The first kappa shape index (κ1) is 19.3. The van der Waals surface area contributed by atoms with Crippen LogP contribution >= 0.6 is 0 Å². The summed E-state index contributed by atoms with van der Waals surface area (Å²) >= 11 is 0. The van der Waals surface area contributed by atoms with Crippen molar-refractivity contribution in [2.45, 2.75) is 45.1 Å². The fourth-order valence-corrected chi connectivity index (χ4v) is 6.87. The third kappa shape index (κ3) is 3.55. The molecule has 156 valence electrons. The molecule has 5 rings (SSSR count). The van der Waals surface area contributed by atoms with Crippen LogP contribution in [-0.4, -0.2) is 44.8 Å². The van der Waals surface area contributed by atoms with Crippen molar-refractivity contribution in [1.82, 2.24) is 0 Å². The highest BCUT2D eigenvalue weighted by Crippen LogP contribution is 2.56. The Morgan fingerprint density at radius 3 is 2.69 bits per heavy atom. The van der Waals surface area contributed by atoms with Crippen molar-refractivity contribution in [1.29, 1.82) is 0 Å². The van der Waals surface area contributed by atoms with Crippen molar-refractivity contribution < 1.29 is 19.3 Å². The van der Waals surface area contributed by atoms with Gasteiger partial charge in [-0.15, -0.1) is 0 Å². The second kappa shape index (κ2) is 7.55. The molecule has 4 aliphatic rings. The predicted molar refractivity (Wildman–Crippen MR) is 113 cm³/mol. The first-order valence-corrected chi connectivity index (χ1v) is 11.7. The van der Waals surface area contributed by atoms with E-state index >= 15 is 0 Å². The van der Waals surface area contributed by atoms with Gasteiger partial charge in [-0.1, -0.05) is 37.3 Å². The van der Waals surface area contributed by atoms with Crippen LogP contribution in [0.1, 0.15) is 39.0 Å². The molecule has 0 aromatic heterocycles. The number of hydrogen-bond acceptors (Lipinski definition) is 2. The highest BCUT2D eigenvalue weighted by atomic mass is 16.6. The summed E-state index contributed by atoms with van der Waals surface area (Å²) in [4.78, 5) is 16.0. The Morgan fingerprint density at radius 2 is 1.93 bits per heavy atom. The molecule has 2 aliphatic heterocycles. The summed E-state index contributed by atoms with van der Waals surface area (Å²) in [7, 11) is 0. The van der Waals surface area contributed by atoms with Crippen LogP contribution in [0.2, 0.25) is 0 Å². The number of carbonyl (C=O) groups is 1. The predicted octanol–water partition coefficient (Wildman–Crippen LogP) is 1.42. The smallest absolute Gasteiger partial charge is 0.315 e. The molecule has 29 heavy (non-hydrogen) atoms. The fourth-order valence-electron chi connectivity index (χ4n) is 6.87. The number of para-hydroxylation sites is 1. The number of benzene rings is 1. The number of esters is 1. The zero-order chi connectivity index (χ0) is 20.0. The first-order valence-electron chi connectivity index (χ1n) is 11.7. The Labute approximate surface area is 174 Å². The Balaban J connectivity index is 1.23. The van der Waals surface area contributed by atoms with Crippen LogP contribution in [0.4, 0.5) is 5.69 Å². The summed E-state index contributed by atoms with van der Waals surface area (Å²) < 4.78 is 5.97. The fraction of sp³-hybridized carbons (Fsp3) is 0.640. The van der Waals surface area contributed by atoms with Gasteiger partial charge in [0.2, 0.25) is 0 Å². The van der Waals surface area contributed by atoms with Crippen LogP contribution in [0, 0.1) is 23.2 Å². The van der Waals surface area contributed by atoms with Gasteiger partial charge in [0.05, 0.1) is 6.54 Å². The van der Waals surface area contributed by atoms with Gasteiger partial charge in [0.15, 0.2) is 0 Å². The van der Waals surface area contributed by atoms with E-state index in [1.165, 1.54) is 30.5 Å². The van der Waals surface area contributed by atoms with Crippen LogP contribution in [0.25, 0.3) is 0 Å². The van der Waals surface area contributed by atoms with Gasteiger partial charge in [-0.05, 0) is 55.6 Å². The monoisotopic (exact) mass is 396 g/mol. The van der Waals surface area contributed by atoms with Crippen LogP contribution in [-0.2, 0) is 9.53 Å². The quantitative estimate of drug-likeness (QED) is 0.599. The third-order valence-corrected chi connectivity index (χ3v) is 8.57. The Bertz CT molecular complexity index is 770. The molecule has 4 nitrogen and oxygen atoms in total. The summed E-state index contributed by atoms with van der Waals surface area (Å²) in [6.07, 6.45) is 5.99. The Morgan fingerprint density at radius 1 is 1.17 bits per heavy atom. The number of quaternary nitrogens is 2. The lowest BCUT2D eigenvalue weighted by molar-refractivity contribution is -0.987. The average molecular weight is 397 g/mol. The second-order valence-electron chi connectivity index (χ2n) is 10.3. The van der Waals surface area contributed by atoms with Crippen LogP contribution in [0.3, 0.4) is 0 Å². The molecule has 4 fully saturated rings. The minimum absolute atomic E-state index is 0.0817.